The molecule has 0 spiro atoms. The van der Waals surface area contributed by atoms with Gasteiger partial charge in [-0.1, -0.05) is 0 Å². The van der Waals surface area contributed by atoms with Crippen LogP contribution in [0.3, 0.4) is 0 Å². The number of aromatic nitrogens is 5. The minimum Gasteiger partial charge on any atom is -0.308 e. The Morgan fingerprint density at radius 1 is 1.19 bits per heavy atom. The van der Waals surface area contributed by atoms with E-state index in [1.54, 1.807) is 32.8 Å². The Hall–Kier alpha value is -2.32. The average molecular weight is 385 g/mol. The summed E-state index contributed by atoms with van der Waals surface area (Å²) in [6.07, 6.45) is 3.96. The SMILES string of the molecule is Cc1cc(C)n(-c2ccc(=O)n(C3CCC(NCc4cscn4)CC3)n2)n1. The molecule has 3 heterocycles. The molecule has 3 aromatic rings. The van der Waals surface area contributed by atoms with Crippen molar-refractivity contribution in [2.24, 2.45) is 0 Å². The number of thiazole rings is 1. The van der Waals surface area contributed by atoms with Gasteiger partial charge in [0.25, 0.3) is 5.56 Å². The van der Waals surface area contributed by atoms with E-state index in [2.05, 4.69) is 25.9 Å². The molecule has 0 radical (unpaired) electrons. The Balaban J connectivity index is 1.44. The highest BCUT2D eigenvalue weighted by atomic mass is 32.1. The predicted octanol–water partition coefficient (Wildman–Crippen LogP) is 2.78. The smallest absolute Gasteiger partial charge is 0.267 e. The van der Waals surface area contributed by atoms with E-state index < -0.39 is 0 Å². The molecule has 1 N–H and O–H groups in total. The van der Waals surface area contributed by atoms with Crippen molar-refractivity contribution in [3.05, 3.63) is 56.5 Å². The van der Waals surface area contributed by atoms with E-state index in [0.29, 0.717) is 11.9 Å². The van der Waals surface area contributed by atoms with Crippen LogP contribution in [0.15, 0.2) is 33.9 Å². The van der Waals surface area contributed by atoms with Crippen LogP contribution >= 0.6 is 11.3 Å². The van der Waals surface area contributed by atoms with Gasteiger partial charge in [0.2, 0.25) is 0 Å². The van der Waals surface area contributed by atoms with Gasteiger partial charge in [-0.2, -0.15) is 5.10 Å². The van der Waals surface area contributed by atoms with Gasteiger partial charge < -0.3 is 5.32 Å². The van der Waals surface area contributed by atoms with Gasteiger partial charge in [-0.3, -0.25) is 4.79 Å². The van der Waals surface area contributed by atoms with E-state index in [1.165, 1.54) is 0 Å². The maximum absolute atomic E-state index is 12.4. The van der Waals surface area contributed by atoms with Crippen LogP contribution in [0.25, 0.3) is 5.82 Å². The maximum atomic E-state index is 12.4. The zero-order chi connectivity index (χ0) is 18.8. The fourth-order valence-corrected chi connectivity index (χ4v) is 4.31. The highest BCUT2D eigenvalue weighted by molar-refractivity contribution is 7.07. The zero-order valence-corrected chi connectivity index (χ0v) is 16.4. The Morgan fingerprint density at radius 3 is 2.67 bits per heavy atom. The lowest BCUT2D eigenvalue weighted by Crippen LogP contribution is -2.36. The Morgan fingerprint density at radius 2 is 2.00 bits per heavy atom. The molecule has 1 aliphatic carbocycles. The average Bonchev–Trinajstić information content (AvgIpc) is 3.30. The predicted molar refractivity (Wildman–Crippen MR) is 105 cm³/mol. The molecule has 1 saturated carbocycles. The van der Waals surface area contributed by atoms with Crippen LogP contribution in [-0.2, 0) is 6.54 Å². The monoisotopic (exact) mass is 384 g/mol. The molecule has 0 saturated heterocycles. The topological polar surface area (TPSA) is 77.6 Å². The van der Waals surface area contributed by atoms with E-state index >= 15 is 0 Å². The molecule has 27 heavy (non-hydrogen) atoms. The van der Waals surface area contributed by atoms with Crippen molar-refractivity contribution in [1.29, 1.82) is 0 Å². The lowest BCUT2D eigenvalue weighted by Gasteiger charge is -2.29. The number of hydrogen-bond donors (Lipinski definition) is 1. The summed E-state index contributed by atoms with van der Waals surface area (Å²) in [7, 11) is 0. The summed E-state index contributed by atoms with van der Waals surface area (Å²) in [5, 5.41) is 14.8. The number of nitrogens with zero attached hydrogens (tertiary/aromatic N) is 5. The summed E-state index contributed by atoms with van der Waals surface area (Å²) in [6, 6.07) is 5.98. The summed E-state index contributed by atoms with van der Waals surface area (Å²) in [5.74, 6) is 0.698. The normalized spacial score (nSPS) is 20.1. The third kappa shape index (κ3) is 4.01. The van der Waals surface area contributed by atoms with E-state index in [1.807, 2.05) is 25.4 Å². The Kier molecular flexibility index (Phi) is 5.18. The second-order valence-corrected chi connectivity index (χ2v) is 7.90. The summed E-state index contributed by atoms with van der Waals surface area (Å²) >= 11 is 1.62. The van der Waals surface area contributed by atoms with E-state index in [4.69, 9.17) is 0 Å². The fraction of sp³-hybridized carbons (Fsp3) is 0.474. The number of rotatable bonds is 5. The molecule has 0 atom stereocenters. The molecule has 0 amide bonds. The van der Waals surface area contributed by atoms with Gasteiger partial charge in [0.15, 0.2) is 5.82 Å². The summed E-state index contributed by atoms with van der Waals surface area (Å²) in [4.78, 5) is 16.7. The van der Waals surface area contributed by atoms with Crippen molar-refractivity contribution >= 4 is 11.3 Å². The second kappa shape index (κ2) is 7.74. The van der Waals surface area contributed by atoms with E-state index in [9.17, 15) is 4.79 Å². The van der Waals surface area contributed by atoms with Gasteiger partial charge in [0.1, 0.15) is 0 Å². The largest absolute Gasteiger partial charge is 0.308 e. The molecular formula is C19H24N6OS. The van der Waals surface area contributed by atoms with Crippen molar-refractivity contribution in [1.82, 2.24) is 29.9 Å². The fourth-order valence-electron chi connectivity index (χ4n) is 3.75. The van der Waals surface area contributed by atoms with Crippen molar-refractivity contribution in [3.8, 4) is 5.82 Å². The molecule has 0 aromatic carbocycles. The highest BCUT2D eigenvalue weighted by Gasteiger charge is 2.24. The molecule has 3 aromatic heterocycles. The van der Waals surface area contributed by atoms with Crippen molar-refractivity contribution in [2.45, 2.75) is 58.2 Å². The van der Waals surface area contributed by atoms with Crippen LogP contribution < -0.4 is 10.9 Å². The highest BCUT2D eigenvalue weighted by Crippen LogP contribution is 2.27. The van der Waals surface area contributed by atoms with E-state index in [0.717, 1.165) is 49.3 Å². The number of hydrogen-bond acceptors (Lipinski definition) is 6. The van der Waals surface area contributed by atoms with Gasteiger partial charge in [-0.05, 0) is 51.7 Å². The Labute approximate surface area is 162 Å². The summed E-state index contributed by atoms with van der Waals surface area (Å²) in [6.45, 7) is 4.76. The van der Waals surface area contributed by atoms with Crippen LogP contribution in [0.4, 0.5) is 0 Å². The van der Waals surface area contributed by atoms with E-state index in [-0.39, 0.29) is 11.6 Å². The minimum absolute atomic E-state index is 0.0424. The maximum Gasteiger partial charge on any atom is 0.267 e. The molecule has 1 fully saturated rings. The third-order valence-corrected chi connectivity index (χ3v) is 5.77. The van der Waals surface area contributed by atoms with Crippen LogP contribution in [0.1, 0.15) is 48.8 Å². The number of nitrogens with one attached hydrogen (secondary N) is 1. The molecular weight excluding hydrogens is 360 g/mol. The summed E-state index contributed by atoms with van der Waals surface area (Å²) < 4.78 is 3.45. The second-order valence-electron chi connectivity index (χ2n) is 7.18. The third-order valence-electron chi connectivity index (χ3n) is 5.14. The molecule has 7 nitrogen and oxygen atoms in total. The van der Waals surface area contributed by atoms with Gasteiger partial charge in [-0.25, -0.2) is 14.3 Å². The van der Waals surface area contributed by atoms with Crippen LogP contribution in [0, 0.1) is 13.8 Å². The van der Waals surface area contributed by atoms with Crippen molar-refractivity contribution in [3.63, 3.8) is 0 Å². The molecule has 0 unspecified atom stereocenters. The molecule has 8 heteroatoms. The Bertz CT molecular complexity index is 953. The van der Waals surface area contributed by atoms with Crippen molar-refractivity contribution < 1.29 is 0 Å². The standard InChI is InChI=1S/C19H24N6OS/c1-13-9-14(2)24(22-13)18-7-8-19(26)25(23-18)17-5-3-15(4-6-17)20-10-16-11-27-12-21-16/h7-9,11-12,15,17,20H,3-6,10H2,1-2H3. The van der Waals surface area contributed by atoms with Gasteiger partial charge in [0, 0.05) is 29.7 Å². The molecule has 0 bridgehead atoms. The zero-order valence-electron chi connectivity index (χ0n) is 15.6. The molecule has 1 aliphatic rings. The first-order valence-electron chi connectivity index (χ1n) is 9.34. The van der Waals surface area contributed by atoms with Crippen LogP contribution in [-0.4, -0.2) is 30.6 Å². The molecule has 4 rings (SSSR count). The quantitative estimate of drug-likeness (QED) is 0.732. The van der Waals surface area contributed by atoms with Crippen LogP contribution in [0.5, 0.6) is 0 Å². The lowest BCUT2D eigenvalue weighted by molar-refractivity contribution is 0.267. The van der Waals surface area contributed by atoms with Crippen molar-refractivity contribution in [2.75, 3.05) is 0 Å². The lowest BCUT2D eigenvalue weighted by atomic mass is 9.91. The number of aryl methyl sites for hydroxylation is 2. The first-order valence-corrected chi connectivity index (χ1v) is 10.3. The first-order chi connectivity index (χ1) is 13.1. The van der Waals surface area contributed by atoms with Gasteiger partial charge in [-0.15, -0.1) is 16.4 Å². The molecule has 0 aliphatic heterocycles. The van der Waals surface area contributed by atoms with Gasteiger partial charge >= 0.3 is 0 Å². The van der Waals surface area contributed by atoms with Gasteiger partial charge in [0.05, 0.1) is 22.9 Å². The molecule has 142 valence electrons. The summed E-state index contributed by atoms with van der Waals surface area (Å²) in [5.41, 5.74) is 4.87. The first kappa shape index (κ1) is 18.1. The van der Waals surface area contributed by atoms with Crippen LogP contribution in [0.2, 0.25) is 0 Å². The minimum atomic E-state index is -0.0424.